The number of H-pyrrole nitrogens is 1. The number of rotatable bonds is 4. The van der Waals surface area contributed by atoms with E-state index >= 15 is 0 Å². The number of ether oxygens (including phenoxy) is 2. The second-order valence-corrected chi connectivity index (χ2v) is 7.01. The minimum Gasteiger partial charge on any atom is -0.462 e. The molecule has 1 N–H and O–H groups in total. The van der Waals surface area contributed by atoms with Crippen LogP contribution < -0.4 is 4.90 Å². The molecule has 4 heterocycles. The number of pyridine rings is 1. The number of aromatic amines is 1. The molecule has 0 amide bonds. The molecule has 0 bridgehead atoms. The molecule has 2 aromatic heterocycles. The van der Waals surface area contributed by atoms with E-state index in [1.54, 1.807) is 25.4 Å². The van der Waals surface area contributed by atoms with Crippen LogP contribution in [0.4, 0.5) is 5.69 Å². The Bertz CT molecular complexity index is 1240. The number of allylic oxidation sites excluding steroid dienone is 1. The van der Waals surface area contributed by atoms with E-state index in [0.29, 0.717) is 12.2 Å². The van der Waals surface area contributed by atoms with Gasteiger partial charge >= 0.3 is 5.97 Å². The lowest BCUT2D eigenvalue weighted by molar-refractivity contribution is -0.139. The number of aromatic nitrogens is 2. The van der Waals surface area contributed by atoms with Gasteiger partial charge < -0.3 is 19.4 Å². The van der Waals surface area contributed by atoms with Crippen LogP contribution in [0.15, 0.2) is 66.0 Å². The highest BCUT2D eigenvalue weighted by Gasteiger charge is 2.41. The predicted octanol–water partition coefficient (Wildman–Crippen LogP) is 3.34. The summed E-state index contributed by atoms with van der Waals surface area (Å²) in [4.78, 5) is 35.0. The Hall–Kier alpha value is -3.87. The van der Waals surface area contributed by atoms with Crippen LogP contribution in [0.3, 0.4) is 0 Å². The van der Waals surface area contributed by atoms with E-state index in [9.17, 15) is 9.59 Å². The van der Waals surface area contributed by atoms with Gasteiger partial charge in [0.1, 0.15) is 5.65 Å². The molecule has 0 radical (unpaired) electrons. The Balaban J connectivity index is 1.57. The highest BCUT2D eigenvalue weighted by Crippen LogP contribution is 2.37. The molecular weight excluding hydrogens is 382 g/mol. The van der Waals surface area contributed by atoms with E-state index in [2.05, 4.69) is 9.97 Å². The second kappa shape index (κ2) is 7.18. The third kappa shape index (κ3) is 2.86. The number of hydrogen-bond acceptors (Lipinski definition) is 6. The fourth-order valence-electron chi connectivity index (χ4n) is 3.88. The van der Waals surface area contributed by atoms with Gasteiger partial charge in [-0.25, -0.2) is 9.78 Å². The van der Waals surface area contributed by atoms with Gasteiger partial charge in [0.05, 0.1) is 6.61 Å². The Morgan fingerprint density at radius 3 is 3.03 bits per heavy atom. The normalized spacial score (nSPS) is 17.0. The number of hydrogen-bond donors (Lipinski definition) is 1. The van der Waals surface area contributed by atoms with Crippen LogP contribution in [-0.2, 0) is 25.5 Å². The van der Waals surface area contributed by atoms with Crippen molar-refractivity contribution in [2.75, 3.05) is 18.1 Å². The molecule has 3 aromatic rings. The lowest BCUT2D eigenvalue weighted by Gasteiger charge is -2.20. The van der Waals surface area contributed by atoms with E-state index < -0.39 is 11.8 Å². The molecule has 7 heteroatoms. The van der Waals surface area contributed by atoms with Crippen LogP contribution in [0, 0.1) is 0 Å². The smallest absolute Gasteiger partial charge is 0.347 e. The standard InChI is InChI=1S/C23H19N3O4/c1-2-29-23(28)19-20(27)18(12-15-13-25-21-16(15)7-5-10-24-21)30-22(19)26-11-9-14-6-3-4-8-17(14)26/h3-8,10,12-13H,2,9,11H2,1H3,(H,24,25). The Morgan fingerprint density at radius 2 is 2.17 bits per heavy atom. The van der Waals surface area contributed by atoms with Gasteiger partial charge in [0, 0.05) is 35.6 Å². The number of nitrogens with zero attached hydrogens (tertiary/aromatic N) is 2. The summed E-state index contributed by atoms with van der Waals surface area (Å²) >= 11 is 0. The van der Waals surface area contributed by atoms with E-state index in [1.807, 2.05) is 41.3 Å². The SMILES string of the molecule is CCOC(=O)C1=C(N2CCc3ccccc32)OC(=Cc2c[nH]c3ncccc23)C1=O. The number of anilines is 1. The molecule has 2 aliphatic heterocycles. The van der Waals surface area contributed by atoms with Gasteiger partial charge in [0.25, 0.3) is 0 Å². The summed E-state index contributed by atoms with van der Waals surface area (Å²) < 4.78 is 11.2. The largest absolute Gasteiger partial charge is 0.462 e. The molecule has 0 saturated heterocycles. The van der Waals surface area contributed by atoms with Crippen LogP contribution in [0.1, 0.15) is 18.1 Å². The Kier molecular flexibility index (Phi) is 4.35. The van der Waals surface area contributed by atoms with Crippen LogP contribution >= 0.6 is 0 Å². The molecule has 0 unspecified atom stereocenters. The number of carbonyl (C=O) groups is 2. The van der Waals surface area contributed by atoms with E-state index in [1.165, 1.54) is 0 Å². The average Bonchev–Trinajstić information content (AvgIpc) is 3.45. The van der Waals surface area contributed by atoms with Crippen molar-refractivity contribution in [2.45, 2.75) is 13.3 Å². The van der Waals surface area contributed by atoms with Crippen molar-refractivity contribution >= 4 is 34.5 Å². The summed E-state index contributed by atoms with van der Waals surface area (Å²) in [6.45, 7) is 2.50. The van der Waals surface area contributed by atoms with Crippen molar-refractivity contribution < 1.29 is 19.1 Å². The van der Waals surface area contributed by atoms with Crippen LogP contribution in [0.5, 0.6) is 0 Å². The maximum atomic E-state index is 13.2. The third-order valence-electron chi connectivity index (χ3n) is 5.25. The van der Waals surface area contributed by atoms with Crippen molar-refractivity contribution in [3.63, 3.8) is 0 Å². The number of fused-ring (bicyclic) bond motifs is 2. The molecule has 2 aliphatic rings. The van der Waals surface area contributed by atoms with Gasteiger partial charge in [-0.15, -0.1) is 0 Å². The minimum atomic E-state index is -0.675. The molecule has 1 aromatic carbocycles. The Labute approximate surface area is 172 Å². The summed E-state index contributed by atoms with van der Waals surface area (Å²) in [6, 6.07) is 11.6. The lowest BCUT2D eigenvalue weighted by atomic mass is 10.1. The number of para-hydroxylation sites is 1. The van der Waals surface area contributed by atoms with Gasteiger partial charge in [-0.2, -0.15) is 0 Å². The number of benzene rings is 1. The van der Waals surface area contributed by atoms with E-state index in [-0.39, 0.29) is 23.8 Å². The van der Waals surface area contributed by atoms with Gasteiger partial charge in [0.15, 0.2) is 11.3 Å². The second-order valence-electron chi connectivity index (χ2n) is 7.01. The molecule has 150 valence electrons. The first-order valence-electron chi connectivity index (χ1n) is 9.80. The van der Waals surface area contributed by atoms with Crippen LogP contribution in [0.25, 0.3) is 17.1 Å². The highest BCUT2D eigenvalue weighted by molar-refractivity contribution is 6.27. The van der Waals surface area contributed by atoms with E-state index in [4.69, 9.17) is 9.47 Å². The molecule has 0 aliphatic carbocycles. The summed E-state index contributed by atoms with van der Waals surface area (Å²) in [5, 5.41) is 0.860. The van der Waals surface area contributed by atoms with Crippen molar-refractivity contribution in [1.82, 2.24) is 9.97 Å². The first kappa shape index (κ1) is 18.2. The zero-order valence-electron chi connectivity index (χ0n) is 16.3. The molecule has 7 nitrogen and oxygen atoms in total. The zero-order chi connectivity index (χ0) is 20.7. The first-order chi connectivity index (χ1) is 14.7. The minimum absolute atomic E-state index is 0.0715. The van der Waals surface area contributed by atoms with Crippen molar-refractivity contribution in [3.05, 3.63) is 77.1 Å². The maximum absolute atomic E-state index is 13.2. The van der Waals surface area contributed by atoms with Crippen molar-refractivity contribution in [3.8, 4) is 0 Å². The summed E-state index contributed by atoms with van der Waals surface area (Å²) in [5.74, 6) is -0.841. The number of esters is 1. The fraction of sp³-hybridized carbons (Fsp3) is 0.174. The van der Waals surface area contributed by atoms with E-state index in [0.717, 1.165) is 28.6 Å². The van der Waals surface area contributed by atoms with Crippen LogP contribution in [0.2, 0.25) is 0 Å². The molecule has 0 atom stereocenters. The van der Waals surface area contributed by atoms with Gasteiger partial charge in [-0.3, -0.25) is 4.79 Å². The zero-order valence-corrected chi connectivity index (χ0v) is 16.3. The molecule has 0 fully saturated rings. The van der Waals surface area contributed by atoms with Crippen molar-refractivity contribution in [2.24, 2.45) is 0 Å². The van der Waals surface area contributed by atoms with Crippen LogP contribution in [-0.4, -0.2) is 34.9 Å². The number of carbonyl (C=O) groups excluding carboxylic acids is 2. The Morgan fingerprint density at radius 1 is 1.30 bits per heavy atom. The molecule has 0 saturated carbocycles. The van der Waals surface area contributed by atoms with Gasteiger partial charge in [0.2, 0.25) is 11.7 Å². The summed E-state index contributed by atoms with van der Waals surface area (Å²) in [5.41, 5.74) is 3.47. The molecule has 30 heavy (non-hydrogen) atoms. The maximum Gasteiger partial charge on any atom is 0.347 e. The molecule has 0 spiro atoms. The van der Waals surface area contributed by atoms with Gasteiger partial charge in [-0.1, -0.05) is 18.2 Å². The topological polar surface area (TPSA) is 84.5 Å². The third-order valence-corrected chi connectivity index (χ3v) is 5.25. The molecule has 5 rings (SSSR count). The van der Waals surface area contributed by atoms with Gasteiger partial charge in [-0.05, 0) is 43.2 Å². The first-order valence-corrected chi connectivity index (χ1v) is 9.80. The highest BCUT2D eigenvalue weighted by atomic mass is 16.5. The number of nitrogens with one attached hydrogen (secondary N) is 1. The van der Waals surface area contributed by atoms with Crippen molar-refractivity contribution in [1.29, 1.82) is 0 Å². The summed E-state index contributed by atoms with van der Waals surface area (Å²) in [7, 11) is 0. The fourth-order valence-corrected chi connectivity index (χ4v) is 3.88. The average molecular weight is 401 g/mol. The molecular formula is C23H19N3O4. The quantitative estimate of drug-likeness (QED) is 0.410. The number of Topliss-reactive ketones (excluding diaryl/α,β-unsaturated/α-hetero) is 1. The monoisotopic (exact) mass is 401 g/mol. The summed E-state index contributed by atoms with van der Waals surface area (Å²) in [6.07, 6.45) is 5.89. The predicted molar refractivity (Wildman–Crippen MR) is 111 cm³/mol. The number of ketones is 1. The lowest BCUT2D eigenvalue weighted by Crippen LogP contribution is -2.24.